The average Bonchev–Trinajstić information content (AvgIpc) is 2.48. The fourth-order valence-electron chi connectivity index (χ4n) is 2.77. The first-order valence-corrected chi connectivity index (χ1v) is 7.93. The zero-order valence-corrected chi connectivity index (χ0v) is 12.6. The van der Waals surface area contributed by atoms with Crippen molar-refractivity contribution < 1.29 is 19.3 Å². The van der Waals surface area contributed by atoms with Crippen molar-refractivity contribution in [1.82, 2.24) is 5.32 Å². The Morgan fingerprint density at radius 3 is 2.75 bits per heavy atom. The van der Waals surface area contributed by atoms with Crippen LogP contribution in [0.1, 0.15) is 32.6 Å². The van der Waals surface area contributed by atoms with E-state index in [-0.39, 0.29) is 6.10 Å². The summed E-state index contributed by atoms with van der Waals surface area (Å²) in [4.78, 5) is 0. The quantitative estimate of drug-likeness (QED) is 0.730. The summed E-state index contributed by atoms with van der Waals surface area (Å²) in [5.74, 6) is 0.833. The third-order valence-corrected chi connectivity index (χ3v) is 4.12. The lowest BCUT2D eigenvalue weighted by Gasteiger charge is -2.27. The first kappa shape index (κ1) is 16.2. The molecule has 0 aromatic rings. The Bertz CT molecular complexity index is 250. The fraction of sp³-hybridized carbons (Fsp3) is 1.00. The molecule has 5 heteroatoms. The summed E-state index contributed by atoms with van der Waals surface area (Å²) in [6, 6.07) is 0. The molecule has 2 rings (SSSR count). The zero-order chi connectivity index (χ0) is 14.2. The van der Waals surface area contributed by atoms with Crippen LogP contribution in [0.15, 0.2) is 0 Å². The molecule has 20 heavy (non-hydrogen) atoms. The molecule has 1 saturated carbocycles. The summed E-state index contributed by atoms with van der Waals surface area (Å²) in [6.45, 7) is 5.98. The van der Waals surface area contributed by atoms with Crippen molar-refractivity contribution in [2.75, 3.05) is 39.5 Å². The maximum Gasteiger partial charge on any atom is 0.0933 e. The minimum Gasteiger partial charge on any atom is -0.389 e. The lowest BCUT2D eigenvalue weighted by atomic mass is 9.89. The largest absolute Gasteiger partial charge is 0.389 e. The van der Waals surface area contributed by atoms with Crippen LogP contribution in [0.3, 0.4) is 0 Å². The normalized spacial score (nSPS) is 33.0. The highest BCUT2D eigenvalue weighted by atomic mass is 16.6. The van der Waals surface area contributed by atoms with Crippen molar-refractivity contribution in [3.05, 3.63) is 0 Å². The number of hydrogen-bond donors (Lipinski definition) is 2. The van der Waals surface area contributed by atoms with Crippen LogP contribution in [0.4, 0.5) is 0 Å². The molecule has 2 atom stereocenters. The van der Waals surface area contributed by atoms with Crippen LogP contribution in [0.5, 0.6) is 0 Å². The van der Waals surface area contributed by atoms with E-state index in [1.807, 2.05) is 0 Å². The van der Waals surface area contributed by atoms with Crippen LogP contribution in [0.25, 0.3) is 0 Å². The predicted molar refractivity (Wildman–Crippen MR) is 76.8 cm³/mol. The summed E-state index contributed by atoms with van der Waals surface area (Å²) < 4.78 is 16.6. The van der Waals surface area contributed by atoms with Crippen molar-refractivity contribution in [3.8, 4) is 0 Å². The van der Waals surface area contributed by atoms with Gasteiger partial charge in [-0.3, -0.25) is 0 Å². The maximum atomic E-state index is 9.90. The molecule has 0 bridgehead atoms. The van der Waals surface area contributed by atoms with Gasteiger partial charge in [0.25, 0.3) is 0 Å². The molecule has 2 fully saturated rings. The molecular weight excluding hydrogens is 258 g/mol. The van der Waals surface area contributed by atoms with Crippen molar-refractivity contribution in [1.29, 1.82) is 0 Å². The molecule has 1 aliphatic carbocycles. The fourth-order valence-corrected chi connectivity index (χ4v) is 2.77. The molecule has 1 aliphatic heterocycles. The van der Waals surface area contributed by atoms with Gasteiger partial charge < -0.3 is 24.6 Å². The third kappa shape index (κ3) is 6.06. The SMILES string of the molecule is CC1CCC(OCC(O)CNCC2COCCO2)CC1. The minimum absolute atomic E-state index is 0.108. The standard InChI is InChI=1S/C15H29NO4/c1-12-2-4-14(5-3-12)20-10-13(17)8-16-9-15-11-18-6-7-19-15/h12-17H,2-11H2,1H3. The molecule has 1 saturated heterocycles. The van der Waals surface area contributed by atoms with E-state index in [2.05, 4.69) is 12.2 Å². The molecule has 0 radical (unpaired) electrons. The molecule has 0 amide bonds. The Balaban J connectivity index is 1.48. The molecular formula is C15H29NO4. The number of ether oxygens (including phenoxy) is 3. The van der Waals surface area contributed by atoms with Crippen molar-refractivity contribution in [3.63, 3.8) is 0 Å². The van der Waals surface area contributed by atoms with Crippen LogP contribution in [0, 0.1) is 5.92 Å². The van der Waals surface area contributed by atoms with E-state index in [1.54, 1.807) is 0 Å². The van der Waals surface area contributed by atoms with Crippen LogP contribution in [-0.4, -0.2) is 62.9 Å². The smallest absolute Gasteiger partial charge is 0.0933 e. The lowest BCUT2D eigenvalue weighted by Crippen LogP contribution is -2.41. The summed E-state index contributed by atoms with van der Waals surface area (Å²) in [6.07, 6.45) is 4.77. The van der Waals surface area contributed by atoms with Gasteiger partial charge in [0, 0.05) is 13.1 Å². The van der Waals surface area contributed by atoms with Crippen LogP contribution < -0.4 is 5.32 Å². The third-order valence-electron chi connectivity index (χ3n) is 4.12. The van der Waals surface area contributed by atoms with E-state index in [4.69, 9.17) is 14.2 Å². The number of hydrogen-bond acceptors (Lipinski definition) is 5. The molecule has 1 heterocycles. The number of aliphatic hydroxyl groups is 1. The highest BCUT2D eigenvalue weighted by Gasteiger charge is 2.20. The maximum absolute atomic E-state index is 9.90. The lowest BCUT2D eigenvalue weighted by molar-refractivity contribution is -0.0875. The molecule has 2 unspecified atom stereocenters. The Kier molecular flexibility index (Phi) is 7.24. The van der Waals surface area contributed by atoms with Gasteiger partial charge in [-0.05, 0) is 31.6 Å². The van der Waals surface area contributed by atoms with Gasteiger partial charge in [0.15, 0.2) is 0 Å². The molecule has 0 aromatic carbocycles. The Hall–Kier alpha value is -0.200. The predicted octanol–water partition coefficient (Wildman–Crippen LogP) is 0.948. The average molecular weight is 287 g/mol. The summed E-state index contributed by atoms with van der Waals surface area (Å²) >= 11 is 0. The number of rotatable bonds is 7. The second kappa shape index (κ2) is 8.95. The second-order valence-electron chi connectivity index (χ2n) is 6.10. The van der Waals surface area contributed by atoms with Gasteiger partial charge in [-0.2, -0.15) is 0 Å². The zero-order valence-electron chi connectivity index (χ0n) is 12.6. The summed E-state index contributed by atoms with van der Waals surface area (Å²) in [5.41, 5.74) is 0. The van der Waals surface area contributed by atoms with Gasteiger partial charge in [0.05, 0.1) is 44.7 Å². The van der Waals surface area contributed by atoms with E-state index < -0.39 is 6.10 Å². The van der Waals surface area contributed by atoms with E-state index in [9.17, 15) is 5.11 Å². The van der Waals surface area contributed by atoms with Gasteiger partial charge in [0.2, 0.25) is 0 Å². The molecule has 118 valence electrons. The number of aliphatic hydroxyl groups excluding tert-OH is 1. The molecule has 2 aliphatic rings. The Labute approximate surface area is 122 Å². The van der Waals surface area contributed by atoms with Crippen LogP contribution >= 0.6 is 0 Å². The first-order chi connectivity index (χ1) is 9.74. The molecule has 0 spiro atoms. The van der Waals surface area contributed by atoms with Gasteiger partial charge in [-0.1, -0.05) is 6.92 Å². The van der Waals surface area contributed by atoms with Gasteiger partial charge in [0.1, 0.15) is 0 Å². The Morgan fingerprint density at radius 2 is 2.05 bits per heavy atom. The molecule has 2 N–H and O–H groups in total. The Morgan fingerprint density at radius 1 is 1.25 bits per heavy atom. The van der Waals surface area contributed by atoms with E-state index >= 15 is 0 Å². The first-order valence-electron chi connectivity index (χ1n) is 7.93. The van der Waals surface area contributed by atoms with Gasteiger partial charge in [-0.15, -0.1) is 0 Å². The van der Waals surface area contributed by atoms with Gasteiger partial charge >= 0.3 is 0 Å². The molecule has 5 nitrogen and oxygen atoms in total. The monoisotopic (exact) mass is 287 g/mol. The van der Waals surface area contributed by atoms with Crippen LogP contribution in [0.2, 0.25) is 0 Å². The van der Waals surface area contributed by atoms with Crippen molar-refractivity contribution >= 4 is 0 Å². The summed E-state index contributed by atoms with van der Waals surface area (Å²) in [7, 11) is 0. The van der Waals surface area contributed by atoms with Crippen LogP contribution in [-0.2, 0) is 14.2 Å². The number of nitrogens with one attached hydrogen (secondary N) is 1. The topological polar surface area (TPSA) is 60.0 Å². The second-order valence-corrected chi connectivity index (χ2v) is 6.10. The van der Waals surface area contributed by atoms with E-state index in [1.165, 1.54) is 12.8 Å². The van der Waals surface area contributed by atoms with Crippen molar-refractivity contribution in [2.24, 2.45) is 5.92 Å². The van der Waals surface area contributed by atoms with E-state index in [0.29, 0.717) is 39.1 Å². The molecule has 0 aromatic heterocycles. The van der Waals surface area contributed by atoms with E-state index in [0.717, 1.165) is 25.3 Å². The highest BCUT2D eigenvalue weighted by molar-refractivity contribution is 4.71. The minimum atomic E-state index is -0.446. The summed E-state index contributed by atoms with van der Waals surface area (Å²) in [5, 5.41) is 13.1. The highest BCUT2D eigenvalue weighted by Crippen LogP contribution is 2.25. The van der Waals surface area contributed by atoms with Crippen molar-refractivity contribution in [2.45, 2.75) is 50.9 Å². The van der Waals surface area contributed by atoms with Gasteiger partial charge in [-0.25, -0.2) is 0 Å².